The molecule has 0 bridgehead atoms. The quantitative estimate of drug-likeness (QED) is 0.0152. The van der Waals surface area contributed by atoms with E-state index in [0.717, 1.165) is 177 Å². The van der Waals surface area contributed by atoms with E-state index in [-0.39, 0.29) is 152 Å². The summed E-state index contributed by atoms with van der Waals surface area (Å²) in [6, 6.07) is 21.3. The van der Waals surface area contributed by atoms with Crippen molar-refractivity contribution in [2.75, 3.05) is 83.7 Å². The molecule has 12 aromatic rings. The summed E-state index contributed by atoms with van der Waals surface area (Å²) < 4.78 is 95.3. The maximum Gasteiger partial charge on any atom is 0.202 e. The van der Waals surface area contributed by atoms with Crippen molar-refractivity contribution in [3.63, 3.8) is 0 Å². The number of aryl methyl sites for hydroxylation is 2. The number of benzene rings is 4. The molecule has 716 valence electrons. The number of nitrogen functional groups attached to an aromatic ring is 4. The number of rotatable bonds is 20. The lowest BCUT2D eigenvalue weighted by atomic mass is 9.93. The molecule has 10 aliphatic rings. The van der Waals surface area contributed by atoms with Gasteiger partial charge in [-0.05, 0) is 197 Å². The van der Waals surface area contributed by atoms with Crippen molar-refractivity contribution in [2.45, 2.75) is 241 Å². The number of ketones is 4. The molecule has 0 radical (unpaired) electrons. The van der Waals surface area contributed by atoms with E-state index in [0.29, 0.717) is 109 Å². The van der Waals surface area contributed by atoms with Gasteiger partial charge in [0.1, 0.15) is 55.2 Å². The fraction of sp³-hybridized carbons (Fsp3) is 0.419. The van der Waals surface area contributed by atoms with Crippen molar-refractivity contribution in [3.05, 3.63) is 231 Å². The number of carbonyl (C=O) groups excluding carboxylic acids is 4. The Morgan fingerprint density at radius 2 is 0.754 bits per heavy atom. The minimum atomic E-state index is -0.754. The van der Waals surface area contributed by atoms with E-state index in [1.807, 2.05) is 72.9 Å². The molecule has 4 aliphatic heterocycles. The van der Waals surface area contributed by atoms with E-state index < -0.39 is 45.0 Å². The Morgan fingerprint density at radius 1 is 0.428 bits per heavy atom. The molecule has 0 amide bonds. The Kier molecular flexibility index (Phi) is 25.1. The number of anilines is 8. The number of halogens is 4. The number of pyridine rings is 8. The van der Waals surface area contributed by atoms with Gasteiger partial charge < -0.3 is 81.4 Å². The highest BCUT2D eigenvalue weighted by Gasteiger charge is 2.49. The molecule has 1 unspecified atom stereocenters. The number of nitriles is 1. The molecule has 4 atom stereocenters. The lowest BCUT2D eigenvalue weighted by Crippen LogP contribution is -2.42. The van der Waals surface area contributed by atoms with Crippen LogP contribution in [0.4, 0.5) is 63.1 Å². The summed E-state index contributed by atoms with van der Waals surface area (Å²) in [4.78, 5) is 119. The van der Waals surface area contributed by atoms with Crippen LogP contribution in [0.3, 0.4) is 0 Å². The van der Waals surface area contributed by atoms with E-state index in [4.69, 9.17) is 47.1 Å². The second kappa shape index (κ2) is 37.4. The Labute approximate surface area is 791 Å². The summed E-state index contributed by atoms with van der Waals surface area (Å²) in [5.74, 6) is -2.51. The molecule has 0 saturated heterocycles. The summed E-state index contributed by atoms with van der Waals surface area (Å²) in [6.07, 6.45) is 38.4. The number of nitrogens with one attached hydrogen (secondary N) is 4. The third-order valence-corrected chi connectivity index (χ3v) is 30.5. The highest BCUT2D eigenvalue weighted by molar-refractivity contribution is 6.09. The van der Waals surface area contributed by atoms with Crippen molar-refractivity contribution in [3.8, 4) is 29.1 Å². The first kappa shape index (κ1) is 92.9. The second-order valence-corrected chi connectivity index (χ2v) is 39.0. The van der Waals surface area contributed by atoms with Crippen molar-refractivity contribution < 1.29 is 55.7 Å². The lowest BCUT2D eigenvalue weighted by molar-refractivity contribution is 0.1000. The first-order valence-corrected chi connectivity index (χ1v) is 48.0. The van der Waals surface area contributed by atoms with Gasteiger partial charge in [-0.15, -0.1) is 0 Å². The molecule has 138 heavy (non-hydrogen) atoms. The van der Waals surface area contributed by atoms with Crippen LogP contribution < -0.4 is 84.9 Å². The Hall–Kier alpha value is -14.2. The molecule has 33 heteroatoms. The van der Waals surface area contributed by atoms with Crippen molar-refractivity contribution in [1.29, 1.82) is 5.26 Å². The van der Waals surface area contributed by atoms with Crippen LogP contribution in [0.2, 0.25) is 0 Å². The first-order valence-electron chi connectivity index (χ1n) is 48.0. The van der Waals surface area contributed by atoms with Crippen LogP contribution in [0.15, 0.2) is 136 Å². The van der Waals surface area contributed by atoms with Crippen LogP contribution >= 0.6 is 0 Å². The Balaban J connectivity index is 0.000000118. The number of Topliss-reactive ketones (excluding diaryl/α,β-unsaturated/α-hetero) is 4. The predicted molar refractivity (Wildman–Crippen MR) is 521 cm³/mol. The molecule has 6 fully saturated rings. The third-order valence-electron chi connectivity index (χ3n) is 30.5. The summed E-state index contributed by atoms with van der Waals surface area (Å²) in [6.45, 7) is 7.76. The topological polar surface area (TPSA) is 421 Å². The molecule has 4 spiro atoms. The smallest absolute Gasteiger partial charge is 0.202 e. The van der Waals surface area contributed by atoms with Gasteiger partial charge in [0.2, 0.25) is 21.7 Å². The molecule has 8 aromatic heterocycles. The number of hydrogen-bond donors (Lipinski definition) is 8. The highest BCUT2D eigenvalue weighted by Crippen LogP contribution is 2.56. The molecule has 12 heterocycles. The Bertz CT molecular complexity index is 7010. The molecule has 29 nitrogen and oxygen atoms in total. The van der Waals surface area contributed by atoms with Crippen molar-refractivity contribution in [1.82, 2.24) is 38.2 Å². The third kappa shape index (κ3) is 16.3. The van der Waals surface area contributed by atoms with E-state index >= 15 is 17.6 Å². The number of nitrogens with two attached hydrogens (primary N) is 4. The number of fused-ring (bicyclic) bond motifs is 4. The van der Waals surface area contributed by atoms with Crippen LogP contribution in [-0.2, 0) is 35.0 Å². The van der Waals surface area contributed by atoms with E-state index in [9.17, 15) is 38.4 Å². The molecule has 4 aromatic carbocycles. The monoisotopic (exact) mass is 1880 g/mol. The van der Waals surface area contributed by atoms with Crippen molar-refractivity contribution >= 4 is 112 Å². The van der Waals surface area contributed by atoms with Crippen LogP contribution in [-0.4, -0.2) is 113 Å². The second-order valence-electron chi connectivity index (χ2n) is 39.0. The van der Waals surface area contributed by atoms with Gasteiger partial charge in [-0.3, -0.25) is 58.3 Å². The van der Waals surface area contributed by atoms with Gasteiger partial charge in [0, 0.05) is 110 Å². The zero-order valence-electron chi connectivity index (χ0n) is 77.7. The number of carbonyl (C=O) groups is 4. The zero-order valence-corrected chi connectivity index (χ0v) is 77.7. The van der Waals surface area contributed by atoms with Gasteiger partial charge in [0.25, 0.3) is 0 Å². The number of nitrogens with zero attached hydrogens (tertiary/aromatic N) is 9. The molecular weight excluding hydrogens is 1770 g/mol. The van der Waals surface area contributed by atoms with Crippen LogP contribution in [0.5, 0.6) is 23.0 Å². The molecule has 22 rings (SSSR count). The minimum Gasteiger partial charge on any atom is -0.487 e. The normalized spacial score (nSPS) is 19.2. The summed E-state index contributed by atoms with van der Waals surface area (Å²) >= 11 is 0. The van der Waals surface area contributed by atoms with Gasteiger partial charge in [-0.2, -0.15) is 5.26 Å². The van der Waals surface area contributed by atoms with Gasteiger partial charge in [0.05, 0.1) is 116 Å². The maximum atomic E-state index is 15.8. The number of ether oxygens (including phenoxy) is 4. The SMILES string of the molecule is CC(=O)c1cn2c3c(c(NC4CC[C@H](c5ccccn5)C4)c(F)c(N)c3c1=O)OCC21CCCC1.CC(=O)c1cn2c3c(c(NCCCc4ccc(C#N)cn4)c(F)c(N)c3c1=O)OCC21CCCC1.CC(=O)c1cn2c3c(c(NCCCc4ccncc4)c(F)c(N)c3c1=O)OCC21CCCC1.CC(=O)c1cn2c3c(c(N[C@H]4CC[C@H](c5ccccn5)C4)c(F)c(N)c3c1=O)OCC21CCCC1. The predicted octanol–water partition coefficient (Wildman–Crippen LogP) is 17.4. The maximum absolute atomic E-state index is 15.8. The first-order chi connectivity index (χ1) is 66.6. The van der Waals surface area contributed by atoms with Gasteiger partial charge in [0.15, 0.2) is 69.4 Å². The van der Waals surface area contributed by atoms with Crippen LogP contribution in [0, 0.1) is 34.6 Å². The van der Waals surface area contributed by atoms with Gasteiger partial charge in [-0.25, -0.2) is 17.6 Å². The number of aromatic nitrogens is 8. The molecular formula is C105H111F4N17O12. The molecule has 6 aliphatic carbocycles. The van der Waals surface area contributed by atoms with Crippen LogP contribution in [0.1, 0.15) is 263 Å². The largest absolute Gasteiger partial charge is 0.487 e. The van der Waals surface area contributed by atoms with E-state index in [1.54, 1.807) is 61.7 Å². The number of hydrogen-bond acceptors (Lipinski definition) is 25. The zero-order chi connectivity index (χ0) is 96.5. The summed E-state index contributed by atoms with van der Waals surface area (Å²) in [5, 5.41) is 22.0. The minimum absolute atomic E-state index is 0.00325. The average molecular weight is 1880 g/mol. The van der Waals surface area contributed by atoms with E-state index in [1.165, 1.54) is 33.9 Å². The lowest BCUT2D eigenvalue weighted by Gasteiger charge is -2.39. The van der Waals surface area contributed by atoms with Crippen molar-refractivity contribution in [2.24, 2.45) is 0 Å². The summed E-state index contributed by atoms with van der Waals surface area (Å²) in [7, 11) is 0. The van der Waals surface area contributed by atoms with Gasteiger partial charge >= 0.3 is 0 Å². The van der Waals surface area contributed by atoms with Gasteiger partial charge in [-0.1, -0.05) is 63.5 Å². The Morgan fingerprint density at radius 3 is 1.06 bits per heavy atom. The van der Waals surface area contributed by atoms with E-state index in [2.05, 4.69) is 41.2 Å². The fourth-order valence-corrected chi connectivity index (χ4v) is 23.2. The van der Waals surface area contributed by atoms with Crippen LogP contribution in [0.25, 0.3) is 43.6 Å². The molecule has 12 N–H and O–H groups in total. The highest BCUT2D eigenvalue weighted by atomic mass is 19.1. The summed E-state index contributed by atoms with van der Waals surface area (Å²) in [5.41, 5.74) is 27.6. The molecule has 6 saturated carbocycles. The standard InChI is InChI=1S/2C27H29FN4O3.C26H26FN5O3.C25H27FN4O3/c2*1-15(33)18-13-32-24-20(25(18)34)22(29)21(28)23(26(24)35-14-27(32)9-3-4-10-27)31-17-8-7-16(12-17)19-6-2-5-11-30-19;1-15(33)18-13-32-23-19(24(18)34)21(29)20(27)22(25(23)35-14-26(32)8-2-3-9-26)30-10-4-5-17-7-6-16(11-28)12-31-17;1-15(31)17-13-30-22-18(23(17)32)20(27)19(26)21(24(22)33-14-25(30)8-2-3-9-25)29-10-4-5-16-6-11-28-12-7-16/h2*2,5-6,11,13,16-17,31H,3-4,7-10,12,14,29H2,1H3;6-7,12-13,30H,2-5,8-10,14,29H2,1H3;6-7,11-13,29H,2-5,8-10,14,27H2,1H3/t16-,17?;16-,17-;;/m00../s1. The fourth-order valence-electron chi connectivity index (χ4n) is 23.2. The average Bonchev–Trinajstić information content (AvgIpc) is 1.05.